The summed E-state index contributed by atoms with van der Waals surface area (Å²) in [5, 5.41) is 3.87. The quantitative estimate of drug-likeness (QED) is 0.811. The Labute approximate surface area is 159 Å². The molecule has 0 fully saturated rings. The van der Waals surface area contributed by atoms with Gasteiger partial charge >= 0.3 is 0 Å². The molecule has 1 heterocycles. The molecule has 3 rings (SSSR count). The Morgan fingerprint density at radius 1 is 1.15 bits per heavy atom. The van der Waals surface area contributed by atoms with E-state index < -0.39 is 0 Å². The molecule has 0 amide bonds. The summed E-state index contributed by atoms with van der Waals surface area (Å²) >= 11 is 5.39. The van der Waals surface area contributed by atoms with Gasteiger partial charge in [-0.15, -0.1) is 0 Å². The van der Waals surface area contributed by atoms with Crippen LogP contribution in [0.15, 0.2) is 65.9 Å². The number of nitrogens with one attached hydrogen (secondary N) is 1. The highest BCUT2D eigenvalue weighted by Gasteiger charge is 2.30. The van der Waals surface area contributed by atoms with Crippen molar-refractivity contribution in [3.8, 4) is 5.75 Å². The number of benzene rings is 2. The molecule has 0 saturated heterocycles. The van der Waals surface area contributed by atoms with Crippen molar-refractivity contribution in [1.82, 2.24) is 10.2 Å². The fourth-order valence-corrected chi connectivity index (χ4v) is 3.29. The summed E-state index contributed by atoms with van der Waals surface area (Å²) in [6.07, 6.45) is 0. The van der Waals surface area contributed by atoms with Gasteiger partial charge in [-0.3, -0.25) is 4.79 Å². The van der Waals surface area contributed by atoms with Gasteiger partial charge in [-0.25, -0.2) is 0 Å². The number of thiocarbonyl (C=S) groups is 1. The van der Waals surface area contributed by atoms with Gasteiger partial charge in [-0.2, -0.15) is 0 Å². The van der Waals surface area contributed by atoms with E-state index in [4.69, 9.17) is 17.0 Å². The molecule has 1 aliphatic rings. The second-order valence-corrected chi connectivity index (χ2v) is 6.73. The van der Waals surface area contributed by atoms with Crippen LogP contribution in [0.1, 0.15) is 31.0 Å². The lowest BCUT2D eigenvalue weighted by Gasteiger charge is -2.35. The highest BCUT2D eigenvalue weighted by molar-refractivity contribution is 7.80. The lowest BCUT2D eigenvalue weighted by molar-refractivity contribution is -0.114. The number of Topliss-reactive ketones (excluding diaryl/α,β-unsaturated/α-hetero) is 1. The van der Waals surface area contributed by atoms with Crippen LogP contribution < -0.4 is 10.1 Å². The first kappa shape index (κ1) is 18.1. The van der Waals surface area contributed by atoms with Crippen molar-refractivity contribution in [1.29, 1.82) is 0 Å². The number of hydrogen-bond acceptors (Lipinski definition) is 3. The van der Waals surface area contributed by atoms with Crippen LogP contribution in [0.2, 0.25) is 0 Å². The van der Waals surface area contributed by atoms with Gasteiger partial charge in [0.2, 0.25) is 0 Å². The minimum atomic E-state index is -0.237. The molecule has 1 unspecified atom stereocenters. The summed E-state index contributed by atoms with van der Waals surface area (Å²) in [7, 11) is 1.87. The smallest absolute Gasteiger partial charge is 0.173 e. The summed E-state index contributed by atoms with van der Waals surface area (Å²) in [6.45, 7) is 4.04. The van der Waals surface area contributed by atoms with Crippen molar-refractivity contribution in [2.24, 2.45) is 0 Å². The molecule has 2 aromatic rings. The van der Waals surface area contributed by atoms with Crippen LogP contribution in [0, 0.1) is 0 Å². The second kappa shape index (κ2) is 7.70. The Kier molecular flexibility index (Phi) is 5.38. The molecule has 1 N–H and O–H groups in total. The number of nitrogens with zero attached hydrogens (tertiary/aromatic N) is 1. The second-order valence-electron chi connectivity index (χ2n) is 6.34. The Morgan fingerprint density at radius 3 is 2.42 bits per heavy atom. The number of carbonyl (C=O) groups excluding carboxylic acids is 1. The average molecular weight is 366 g/mol. The summed E-state index contributed by atoms with van der Waals surface area (Å²) in [4.78, 5) is 14.0. The first-order valence-electron chi connectivity index (χ1n) is 8.50. The van der Waals surface area contributed by atoms with E-state index in [2.05, 4.69) is 5.32 Å². The third-order valence-electron chi connectivity index (χ3n) is 4.60. The molecule has 4 nitrogen and oxygen atoms in total. The number of allylic oxidation sites excluding steroid dienone is 1. The molecule has 0 radical (unpaired) electrons. The number of ether oxygens (including phenoxy) is 1. The van der Waals surface area contributed by atoms with Crippen LogP contribution in [0.4, 0.5) is 0 Å². The van der Waals surface area contributed by atoms with E-state index >= 15 is 0 Å². The summed E-state index contributed by atoms with van der Waals surface area (Å²) in [5.41, 5.74) is 3.73. The van der Waals surface area contributed by atoms with Crippen LogP contribution in [-0.2, 0) is 11.4 Å². The molecule has 1 atom stereocenters. The van der Waals surface area contributed by atoms with Crippen molar-refractivity contribution < 1.29 is 9.53 Å². The number of carbonyl (C=O) groups is 1. The Bertz CT molecular complexity index is 844. The SMILES string of the molecule is CC(=O)C1=C(C)N(C)C(=S)NC1c1ccc(OCc2ccccc2)cc1. The first-order chi connectivity index (χ1) is 12.5. The zero-order valence-corrected chi connectivity index (χ0v) is 16.0. The van der Waals surface area contributed by atoms with Gasteiger partial charge in [0.25, 0.3) is 0 Å². The van der Waals surface area contributed by atoms with E-state index in [1.807, 2.05) is 73.5 Å². The van der Waals surface area contributed by atoms with Gasteiger partial charge in [0.15, 0.2) is 10.9 Å². The van der Waals surface area contributed by atoms with E-state index in [0.717, 1.165) is 28.1 Å². The zero-order chi connectivity index (χ0) is 18.7. The fourth-order valence-electron chi connectivity index (χ4n) is 3.04. The lowest BCUT2D eigenvalue weighted by atomic mass is 9.92. The summed E-state index contributed by atoms with van der Waals surface area (Å²) in [5.74, 6) is 0.830. The Morgan fingerprint density at radius 2 is 1.81 bits per heavy atom. The Balaban J connectivity index is 1.79. The molecule has 1 aliphatic heterocycles. The minimum Gasteiger partial charge on any atom is -0.489 e. The van der Waals surface area contributed by atoms with E-state index in [-0.39, 0.29) is 11.8 Å². The third-order valence-corrected chi connectivity index (χ3v) is 4.99. The van der Waals surface area contributed by atoms with Crippen molar-refractivity contribution in [3.63, 3.8) is 0 Å². The van der Waals surface area contributed by atoms with Gasteiger partial charge in [0.05, 0.1) is 6.04 Å². The van der Waals surface area contributed by atoms with Gasteiger partial charge in [-0.1, -0.05) is 42.5 Å². The van der Waals surface area contributed by atoms with Crippen LogP contribution >= 0.6 is 12.2 Å². The van der Waals surface area contributed by atoms with Crippen LogP contribution in [0.5, 0.6) is 5.75 Å². The predicted molar refractivity (Wildman–Crippen MR) is 107 cm³/mol. The maximum Gasteiger partial charge on any atom is 0.173 e. The van der Waals surface area contributed by atoms with E-state index in [1.54, 1.807) is 6.92 Å². The monoisotopic (exact) mass is 366 g/mol. The first-order valence-corrected chi connectivity index (χ1v) is 8.91. The molecule has 0 saturated carbocycles. The lowest BCUT2D eigenvalue weighted by Crippen LogP contribution is -2.45. The number of rotatable bonds is 5. The van der Waals surface area contributed by atoms with Gasteiger partial charge in [-0.05, 0) is 49.3 Å². The molecule has 2 aromatic carbocycles. The van der Waals surface area contributed by atoms with Gasteiger partial charge < -0.3 is 15.0 Å². The van der Waals surface area contributed by atoms with Gasteiger partial charge in [0.1, 0.15) is 12.4 Å². The van der Waals surface area contributed by atoms with Gasteiger partial charge in [0, 0.05) is 18.3 Å². The van der Waals surface area contributed by atoms with Crippen molar-refractivity contribution in [2.75, 3.05) is 7.05 Å². The highest BCUT2D eigenvalue weighted by atomic mass is 32.1. The third kappa shape index (κ3) is 3.78. The van der Waals surface area contributed by atoms with E-state index in [1.165, 1.54) is 0 Å². The van der Waals surface area contributed by atoms with E-state index in [0.29, 0.717) is 11.7 Å². The summed E-state index contributed by atoms with van der Waals surface area (Å²) in [6, 6.07) is 17.6. The normalized spacial score (nSPS) is 17.1. The predicted octanol–water partition coefficient (Wildman–Crippen LogP) is 3.99. The number of hydrogen-bond donors (Lipinski definition) is 1. The molecule has 0 spiro atoms. The molecular formula is C21H22N2O2S. The van der Waals surface area contributed by atoms with Crippen LogP contribution in [0.25, 0.3) is 0 Å². The molecule has 0 bridgehead atoms. The topological polar surface area (TPSA) is 41.6 Å². The minimum absolute atomic E-state index is 0.0405. The van der Waals surface area contributed by atoms with Crippen molar-refractivity contribution >= 4 is 23.1 Å². The molecule has 5 heteroatoms. The van der Waals surface area contributed by atoms with Crippen molar-refractivity contribution in [3.05, 3.63) is 77.0 Å². The standard InChI is InChI=1S/C21H22N2O2S/c1-14-19(15(2)24)20(22-21(26)23(14)3)17-9-11-18(12-10-17)25-13-16-7-5-4-6-8-16/h4-12,20H,13H2,1-3H3,(H,22,26). The van der Waals surface area contributed by atoms with Crippen molar-refractivity contribution in [2.45, 2.75) is 26.5 Å². The molecular weight excluding hydrogens is 344 g/mol. The largest absolute Gasteiger partial charge is 0.489 e. The highest BCUT2D eigenvalue weighted by Crippen LogP contribution is 2.31. The Hall–Kier alpha value is -2.66. The average Bonchev–Trinajstić information content (AvgIpc) is 2.65. The van der Waals surface area contributed by atoms with E-state index in [9.17, 15) is 4.79 Å². The summed E-state index contributed by atoms with van der Waals surface area (Å²) < 4.78 is 5.83. The molecule has 0 aromatic heterocycles. The number of ketones is 1. The molecule has 26 heavy (non-hydrogen) atoms. The maximum atomic E-state index is 12.2. The molecule has 0 aliphatic carbocycles. The zero-order valence-electron chi connectivity index (χ0n) is 15.2. The van der Waals surface area contributed by atoms with Crippen LogP contribution in [-0.4, -0.2) is 22.8 Å². The maximum absolute atomic E-state index is 12.2. The fraction of sp³-hybridized carbons (Fsp3) is 0.238. The van der Waals surface area contributed by atoms with Crippen LogP contribution in [0.3, 0.4) is 0 Å². The molecule has 134 valence electrons.